The number of benzene rings is 3. The van der Waals surface area contributed by atoms with Crippen LogP contribution in [0.2, 0.25) is 5.02 Å². The van der Waals surface area contributed by atoms with Crippen molar-refractivity contribution < 1.29 is 13.9 Å². The number of nitrogens with zero attached hydrogens (tertiary/aromatic N) is 1. The molecule has 0 spiro atoms. The zero-order valence-corrected chi connectivity index (χ0v) is 13.9. The molecule has 0 aliphatic carbocycles. The molecule has 5 rings (SSSR count). The summed E-state index contributed by atoms with van der Waals surface area (Å²) in [5.41, 5.74) is 1.75. The van der Waals surface area contributed by atoms with Crippen LogP contribution in [-0.2, 0) is 0 Å². The van der Waals surface area contributed by atoms with Crippen LogP contribution in [0.25, 0.3) is 44.5 Å². The predicted octanol–water partition coefficient (Wildman–Crippen LogP) is 5.11. The molecule has 6 heteroatoms. The standard InChI is InChI=1S/C20H10ClNO4/c21-11-7-5-10(6-8-11)20-22-17-15(26-20)9-13(23)16-18(24)12-3-1-2-4-14(12)25-19(16)17/h1-9,23H. The summed E-state index contributed by atoms with van der Waals surface area (Å²) < 4.78 is 11.6. The molecule has 26 heavy (non-hydrogen) atoms. The molecule has 2 aromatic heterocycles. The number of hydrogen-bond acceptors (Lipinski definition) is 5. The highest BCUT2D eigenvalue weighted by molar-refractivity contribution is 6.30. The van der Waals surface area contributed by atoms with Crippen molar-refractivity contribution in [3.05, 3.63) is 69.8 Å². The van der Waals surface area contributed by atoms with Crippen LogP contribution in [-0.4, -0.2) is 10.1 Å². The minimum Gasteiger partial charge on any atom is -0.507 e. The fraction of sp³-hybridized carbons (Fsp3) is 0. The van der Waals surface area contributed by atoms with E-state index in [0.29, 0.717) is 33.0 Å². The van der Waals surface area contributed by atoms with E-state index in [1.165, 1.54) is 6.07 Å². The largest absolute Gasteiger partial charge is 0.507 e. The lowest BCUT2D eigenvalue weighted by molar-refractivity contribution is 0.479. The smallest absolute Gasteiger partial charge is 0.227 e. The van der Waals surface area contributed by atoms with Crippen molar-refractivity contribution in [1.82, 2.24) is 4.98 Å². The molecular weight excluding hydrogens is 354 g/mol. The Morgan fingerprint density at radius 3 is 2.54 bits per heavy atom. The molecule has 0 aliphatic heterocycles. The molecule has 0 radical (unpaired) electrons. The normalized spacial score (nSPS) is 11.6. The molecule has 0 unspecified atom stereocenters. The number of hydrogen-bond donors (Lipinski definition) is 1. The maximum atomic E-state index is 12.8. The van der Waals surface area contributed by atoms with Gasteiger partial charge in [0.25, 0.3) is 0 Å². The van der Waals surface area contributed by atoms with Crippen molar-refractivity contribution in [3.63, 3.8) is 0 Å². The van der Waals surface area contributed by atoms with Gasteiger partial charge in [-0.1, -0.05) is 23.7 Å². The van der Waals surface area contributed by atoms with Gasteiger partial charge < -0.3 is 13.9 Å². The fourth-order valence-electron chi connectivity index (χ4n) is 3.05. The second-order valence-electron chi connectivity index (χ2n) is 5.90. The topological polar surface area (TPSA) is 76.5 Å². The number of halogens is 1. The first-order valence-corrected chi connectivity index (χ1v) is 8.23. The van der Waals surface area contributed by atoms with E-state index < -0.39 is 0 Å². The number of para-hydroxylation sites is 1. The Morgan fingerprint density at radius 1 is 0.962 bits per heavy atom. The van der Waals surface area contributed by atoms with Crippen molar-refractivity contribution >= 4 is 44.6 Å². The quantitative estimate of drug-likeness (QED) is 0.418. The van der Waals surface area contributed by atoms with Crippen LogP contribution in [0.15, 0.2) is 68.2 Å². The van der Waals surface area contributed by atoms with Crippen molar-refractivity contribution in [1.29, 1.82) is 0 Å². The first-order chi connectivity index (χ1) is 12.6. The molecule has 1 N–H and O–H groups in total. The minimum absolute atomic E-state index is 0.0900. The summed E-state index contributed by atoms with van der Waals surface area (Å²) in [6, 6.07) is 15.3. The van der Waals surface area contributed by atoms with Crippen molar-refractivity contribution in [2.75, 3.05) is 0 Å². The molecule has 2 heterocycles. The maximum Gasteiger partial charge on any atom is 0.227 e. The molecule has 0 amide bonds. The van der Waals surface area contributed by atoms with Gasteiger partial charge in [0.1, 0.15) is 16.7 Å². The van der Waals surface area contributed by atoms with E-state index in [2.05, 4.69) is 4.98 Å². The monoisotopic (exact) mass is 363 g/mol. The molecule has 0 atom stereocenters. The minimum atomic E-state index is -0.308. The van der Waals surface area contributed by atoms with E-state index in [1.54, 1.807) is 48.5 Å². The first kappa shape index (κ1) is 15.0. The number of fused-ring (bicyclic) bond motifs is 4. The lowest BCUT2D eigenvalue weighted by Gasteiger charge is -2.03. The van der Waals surface area contributed by atoms with Crippen molar-refractivity contribution in [2.24, 2.45) is 0 Å². The molecule has 0 bridgehead atoms. The Balaban J connectivity index is 1.89. The number of phenolic OH excluding ortho intramolecular Hbond substituents is 1. The predicted molar refractivity (Wildman–Crippen MR) is 99.7 cm³/mol. The van der Waals surface area contributed by atoms with Crippen LogP contribution in [0.3, 0.4) is 0 Å². The second kappa shape index (κ2) is 5.34. The number of oxazole rings is 1. The lowest BCUT2D eigenvalue weighted by Crippen LogP contribution is -2.02. The van der Waals surface area contributed by atoms with E-state index >= 15 is 0 Å². The first-order valence-electron chi connectivity index (χ1n) is 7.86. The number of aromatic nitrogens is 1. The Hall–Kier alpha value is -3.31. The SMILES string of the molecule is O=c1c2ccccc2oc2c1c(O)cc1oc(-c3ccc(Cl)cc3)nc12. The number of phenols is 1. The van der Waals surface area contributed by atoms with Gasteiger partial charge in [0.05, 0.1) is 5.39 Å². The lowest BCUT2D eigenvalue weighted by atomic mass is 10.1. The summed E-state index contributed by atoms with van der Waals surface area (Å²) in [5.74, 6) is 0.144. The summed E-state index contributed by atoms with van der Waals surface area (Å²) in [4.78, 5) is 17.3. The van der Waals surface area contributed by atoms with E-state index in [4.69, 9.17) is 20.4 Å². The van der Waals surface area contributed by atoms with Gasteiger partial charge in [-0.25, -0.2) is 4.98 Å². The van der Waals surface area contributed by atoms with Gasteiger partial charge in [-0.2, -0.15) is 0 Å². The zero-order chi connectivity index (χ0) is 17.8. The van der Waals surface area contributed by atoms with Crippen LogP contribution >= 0.6 is 11.6 Å². The van der Waals surface area contributed by atoms with Gasteiger partial charge in [-0.05, 0) is 36.4 Å². The summed E-state index contributed by atoms with van der Waals surface area (Å²) in [6.07, 6.45) is 0. The molecule has 0 saturated heterocycles. The van der Waals surface area contributed by atoms with Crippen molar-refractivity contribution in [2.45, 2.75) is 0 Å². The van der Waals surface area contributed by atoms with Gasteiger partial charge in [0, 0.05) is 16.7 Å². The average molecular weight is 364 g/mol. The van der Waals surface area contributed by atoms with Crippen LogP contribution in [0.4, 0.5) is 0 Å². The maximum absolute atomic E-state index is 12.8. The van der Waals surface area contributed by atoms with Gasteiger partial charge in [-0.3, -0.25) is 4.79 Å². The van der Waals surface area contributed by atoms with E-state index in [1.807, 2.05) is 0 Å². The molecule has 126 valence electrons. The van der Waals surface area contributed by atoms with Crippen LogP contribution < -0.4 is 5.43 Å². The highest BCUT2D eigenvalue weighted by Gasteiger charge is 2.19. The molecule has 5 aromatic rings. The summed E-state index contributed by atoms with van der Waals surface area (Å²) in [7, 11) is 0. The van der Waals surface area contributed by atoms with Crippen molar-refractivity contribution in [3.8, 4) is 17.2 Å². The number of rotatable bonds is 1. The third-order valence-electron chi connectivity index (χ3n) is 4.28. The van der Waals surface area contributed by atoms with Gasteiger partial charge in [-0.15, -0.1) is 0 Å². The van der Waals surface area contributed by atoms with E-state index in [9.17, 15) is 9.90 Å². The fourth-order valence-corrected chi connectivity index (χ4v) is 3.17. The second-order valence-corrected chi connectivity index (χ2v) is 6.34. The Kier molecular flexibility index (Phi) is 3.08. The highest BCUT2D eigenvalue weighted by Crippen LogP contribution is 2.35. The van der Waals surface area contributed by atoms with Gasteiger partial charge in [0.2, 0.25) is 11.3 Å². The average Bonchev–Trinajstić information content (AvgIpc) is 3.06. The van der Waals surface area contributed by atoms with E-state index in [0.717, 1.165) is 5.56 Å². The molecule has 0 fully saturated rings. The highest BCUT2D eigenvalue weighted by atomic mass is 35.5. The molecular formula is C20H10ClNO4. The summed E-state index contributed by atoms with van der Waals surface area (Å²) >= 11 is 5.92. The molecule has 3 aromatic carbocycles. The Bertz CT molecular complexity index is 1370. The molecule has 5 nitrogen and oxygen atoms in total. The molecule has 0 saturated carbocycles. The summed E-state index contributed by atoms with van der Waals surface area (Å²) in [5, 5.41) is 11.5. The molecule has 0 aliphatic rings. The van der Waals surface area contributed by atoms with Gasteiger partial charge >= 0.3 is 0 Å². The Morgan fingerprint density at radius 2 is 1.73 bits per heavy atom. The van der Waals surface area contributed by atoms with E-state index in [-0.39, 0.29) is 22.1 Å². The number of aromatic hydroxyl groups is 1. The zero-order valence-electron chi connectivity index (χ0n) is 13.2. The van der Waals surface area contributed by atoms with Crippen LogP contribution in [0.1, 0.15) is 0 Å². The van der Waals surface area contributed by atoms with Crippen LogP contribution in [0.5, 0.6) is 5.75 Å². The third-order valence-corrected chi connectivity index (χ3v) is 4.53. The Labute approximate surface area is 151 Å². The summed E-state index contributed by atoms with van der Waals surface area (Å²) in [6.45, 7) is 0. The van der Waals surface area contributed by atoms with Gasteiger partial charge in [0.15, 0.2) is 16.7 Å². The van der Waals surface area contributed by atoms with Crippen LogP contribution in [0, 0.1) is 0 Å². The third kappa shape index (κ3) is 2.11.